The average Bonchev–Trinajstić information content (AvgIpc) is 2.58. The first-order chi connectivity index (χ1) is 11.4. The van der Waals surface area contributed by atoms with Gasteiger partial charge in [0.2, 0.25) is 0 Å². The minimum Gasteiger partial charge on any atom is -0.492 e. The largest absolute Gasteiger partial charge is 0.492 e. The maximum atomic E-state index is 12.0. The third kappa shape index (κ3) is 7.72. The van der Waals surface area contributed by atoms with Crippen LogP contribution in [-0.2, 0) is 25.5 Å². The van der Waals surface area contributed by atoms with Crippen LogP contribution in [0.5, 0.6) is 5.75 Å². The van der Waals surface area contributed by atoms with Gasteiger partial charge in [0.1, 0.15) is 12.4 Å². The number of ether oxygens (including phenoxy) is 2. The fourth-order valence-electron chi connectivity index (χ4n) is 1.93. The minimum absolute atomic E-state index is 0.250. The zero-order chi connectivity index (χ0) is 18.5. The van der Waals surface area contributed by atoms with Crippen molar-refractivity contribution in [1.29, 1.82) is 0 Å². The van der Waals surface area contributed by atoms with E-state index in [1.165, 1.54) is 7.11 Å². The van der Waals surface area contributed by atoms with E-state index in [0.29, 0.717) is 25.5 Å². The number of esters is 1. The van der Waals surface area contributed by atoms with Crippen molar-refractivity contribution >= 4 is 12.1 Å². The highest BCUT2D eigenvalue weighted by Gasteiger charge is 2.16. The number of carbonyl (C=O) groups excluding carboxylic acids is 3. The Labute approximate surface area is 142 Å². The fourth-order valence-corrected chi connectivity index (χ4v) is 1.93. The molecule has 0 bridgehead atoms. The van der Waals surface area contributed by atoms with E-state index in [0.717, 1.165) is 22.5 Å². The second kappa shape index (κ2) is 12.0. The first kappa shape index (κ1) is 21.6. The molecule has 0 aliphatic heterocycles. The van der Waals surface area contributed by atoms with E-state index in [9.17, 15) is 4.79 Å². The molecule has 0 unspecified atom stereocenters. The maximum Gasteiger partial charge on any atom is 0.373 e. The van der Waals surface area contributed by atoms with E-state index in [1.807, 2.05) is 31.2 Å². The van der Waals surface area contributed by atoms with Crippen LogP contribution in [0.3, 0.4) is 0 Å². The fraction of sp³-hybridized carbons (Fsp3) is 0.444. The quantitative estimate of drug-likeness (QED) is 0.606. The van der Waals surface area contributed by atoms with Crippen LogP contribution < -0.4 is 10.5 Å². The number of benzene rings is 1. The molecule has 6 heteroatoms. The highest BCUT2D eigenvalue weighted by atomic mass is 16.5. The molecule has 1 aromatic carbocycles. The number of carbonyl (C=O) groups is 1. The van der Waals surface area contributed by atoms with Crippen molar-refractivity contribution in [2.24, 2.45) is 11.7 Å². The van der Waals surface area contributed by atoms with E-state index in [2.05, 4.69) is 13.8 Å². The van der Waals surface area contributed by atoms with Gasteiger partial charge in [0.15, 0.2) is 0 Å². The van der Waals surface area contributed by atoms with Crippen molar-refractivity contribution in [3.63, 3.8) is 0 Å². The Bertz CT molecular complexity index is 570. The molecule has 2 N–H and O–H groups in total. The lowest BCUT2D eigenvalue weighted by Gasteiger charge is -2.14. The van der Waals surface area contributed by atoms with Crippen LogP contribution in [0.2, 0.25) is 0 Å². The van der Waals surface area contributed by atoms with Gasteiger partial charge in [-0.1, -0.05) is 31.6 Å². The lowest BCUT2D eigenvalue weighted by Crippen LogP contribution is -2.12. The Morgan fingerprint density at radius 1 is 1.21 bits per heavy atom. The molecule has 132 valence electrons. The van der Waals surface area contributed by atoms with Gasteiger partial charge in [-0.15, -0.1) is 0 Å². The molecule has 24 heavy (non-hydrogen) atoms. The third-order valence-corrected chi connectivity index (χ3v) is 3.46. The minimum atomic E-state index is -0.260. The summed E-state index contributed by atoms with van der Waals surface area (Å²) in [6, 6.07) is 7.71. The summed E-state index contributed by atoms with van der Waals surface area (Å²) < 4.78 is 10.3. The highest BCUT2D eigenvalue weighted by molar-refractivity contribution is 5.89. The first-order valence-corrected chi connectivity index (χ1v) is 7.60. The summed E-state index contributed by atoms with van der Waals surface area (Å²) in [4.78, 5) is 28.2. The van der Waals surface area contributed by atoms with E-state index < -0.39 is 0 Å². The van der Waals surface area contributed by atoms with Gasteiger partial charge in [-0.25, -0.2) is 4.79 Å². The number of methoxy groups -OCH3 is 1. The first-order valence-electron chi connectivity index (χ1n) is 7.60. The Morgan fingerprint density at radius 3 is 2.17 bits per heavy atom. The molecule has 1 rings (SSSR count). The molecule has 1 aromatic rings. The molecule has 6 nitrogen and oxygen atoms in total. The predicted octanol–water partition coefficient (Wildman–Crippen LogP) is 2.13. The van der Waals surface area contributed by atoms with Crippen molar-refractivity contribution in [3.05, 3.63) is 41.0 Å². The molecule has 0 aromatic heterocycles. The molecule has 0 radical (unpaired) electrons. The van der Waals surface area contributed by atoms with Gasteiger partial charge < -0.3 is 15.2 Å². The summed E-state index contributed by atoms with van der Waals surface area (Å²) in [6.07, 6.45) is 0.813. The molecular weight excluding hydrogens is 310 g/mol. The smallest absolute Gasteiger partial charge is 0.373 e. The van der Waals surface area contributed by atoms with Gasteiger partial charge in [0.05, 0.1) is 7.11 Å². The SMILES string of the molecule is COC(=O)/C(Cc1ccc(OCCN)cc1)=C(\C)C(C)C.O=C=O. The van der Waals surface area contributed by atoms with E-state index in [4.69, 9.17) is 24.8 Å². The van der Waals surface area contributed by atoms with Gasteiger partial charge in [-0.3, -0.25) is 0 Å². The topological polar surface area (TPSA) is 95.7 Å². The second-order valence-corrected chi connectivity index (χ2v) is 5.35. The molecule has 0 aliphatic rings. The second-order valence-electron chi connectivity index (χ2n) is 5.35. The van der Waals surface area contributed by atoms with Crippen molar-refractivity contribution in [2.45, 2.75) is 27.2 Å². The zero-order valence-corrected chi connectivity index (χ0v) is 14.6. The number of allylic oxidation sites excluding steroid dienone is 1. The van der Waals surface area contributed by atoms with Crippen molar-refractivity contribution < 1.29 is 23.9 Å². The van der Waals surface area contributed by atoms with Crippen LogP contribution in [0, 0.1) is 5.92 Å². The molecule has 0 saturated carbocycles. The van der Waals surface area contributed by atoms with Gasteiger partial charge in [-0.2, -0.15) is 9.59 Å². The van der Waals surface area contributed by atoms with Crippen LogP contribution >= 0.6 is 0 Å². The van der Waals surface area contributed by atoms with Crippen LogP contribution in [-0.4, -0.2) is 32.4 Å². The number of hydrogen-bond donors (Lipinski definition) is 1. The summed E-state index contributed by atoms with van der Waals surface area (Å²) in [6.45, 7) is 7.11. The lowest BCUT2D eigenvalue weighted by atomic mass is 9.94. The number of nitrogens with two attached hydrogens (primary N) is 1. The monoisotopic (exact) mass is 335 g/mol. The van der Waals surface area contributed by atoms with Gasteiger partial charge >= 0.3 is 12.1 Å². The molecular formula is C18H25NO5. The zero-order valence-electron chi connectivity index (χ0n) is 14.6. The van der Waals surface area contributed by atoms with Gasteiger partial charge in [0.25, 0.3) is 0 Å². The van der Waals surface area contributed by atoms with Crippen LogP contribution in [0.4, 0.5) is 0 Å². The van der Waals surface area contributed by atoms with Gasteiger partial charge in [-0.05, 0) is 30.5 Å². The summed E-state index contributed by atoms with van der Waals surface area (Å²) >= 11 is 0. The Balaban J connectivity index is 0.00000163. The molecule has 0 heterocycles. The average molecular weight is 335 g/mol. The molecule has 0 amide bonds. The van der Waals surface area contributed by atoms with Crippen molar-refractivity contribution in [2.75, 3.05) is 20.3 Å². The van der Waals surface area contributed by atoms with E-state index in [-0.39, 0.29) is 12.1 Å². The lowest BCUT2D eigenvalue weighted by molar-refractivity contribution is -0.191. The van der Waals surface area contributed by atoms with Gasteiger partial charge in [0, 0.05) is 18.5 Å². The number of hydrogen-bond acceptors (Lipinski definition) is 6. The molecule has 0 spiro atoms. The predicted molar refractivity (Wildman–Crippen MR) is 89.3 cm³/mol. The molecule has 0 aliphatic carbocycles. The van der Waals surface area contributed by atoms with E-state index in [1.54, 1.807) is 0 Å². The highest BCUT2D eigenvalue weighted by Crippen LogP contribution is 2.21. The number of rotatable bonds is 7. The molecule has 0 fully saturated rings. The normalized spacial score (nSPS) is 10.9. The van der Waals surface area contributed by atoms with Crippen LogP contribution in [0.15, 0.2) is 35.4 Å². The Kier molecular flexibility index (Phi) is 10.8. The summed E-state index contributed by atoms with van der Waals surface area (Å²) in [7, 11) is 1.42. The van der Waals surface area contributed by atoms with Crippen molar-refractivity contribution in [1.82, 2.24) is 0 Å². The van der Waals surface area contributed by atoms with Crippen LogP contribution in [0.1, 0.15) is 26.3 Å². The van der Waals surface area contributed by atoms with E-state index >= 15 is 0 Å². The molecule has 0 atom stereocenters. The van der Waals surface area contributed by atoms with Crippen molar-refractivity contribution in [3.8, 4) is 5.75 Å². The van der Waals surface area contributed by atoms with Crippen LogP contribution in [0.25, 0.3) is 0 Å². The Hall–Kier alpha value is -2.43. The standard InChI is InChI=1S/C17H25NO3.CO2/c1-12(2)13(3)16(17(19)20-4)11-14-5-7-15(8-6-14)21-10-9-18;2-1-3/h5-8,12H,9-11,18H2,1-4H3;/b16-13+;. The molecule has 0 saturated heterocycles. The Morgan fingerprint density at radius 2 is 1.75 bits per heavy atom. The maximum absolute atomic E-state index is 12.0. The summed E-state index contributed by atoms with van der Waals surface area (Å²) in [5.74, 6) is 0.837. The summed E-state index contributed by atoms with van der Waals surface area (Å²) in [5, 5.41) is 0. The summed E-state index contributed by atoms with van der Waals surface area (Å²) in [5.41, 5.74) is 8.24. The third-order valence-electron chi connectivity index (χ3n) is 3.46.